The molecule has 0 saturated heterocycles. The summed E-state index contributed by atoms with van der Waals surface area (Å²) in [5, 5.41) is 0. The van der Waals surface area contributed by atoms with E-state index in [1.165, 1.54) is 32.6 Å². The third kappa shape index (κ3) is 1.66. The number of hydrogen-bond acceptors (Lipinski definition) is 1. The number of nitrogens with zero attached hydrogens (tertiary/aromatic N) is 1. The van der Waals surface area contributed by atoms with Gasteiger partial charge in [0.15, 0.2) is 0 Å². The fourth-order valence-corrected chi connectivity index (χ4v) is 3.50. The Morgan fingerprint density at radius 2 is 1.79 bits per heavy atom. The highest BCUT2D eigenvalue weighted by atomic mass is 79.9. The summed E-state index contributed by atoms with van der Waals surface area (Å²) >= 11 is 3.72. The van der Waals surface area contributed by atoms with Crippen LogP contribution in [0.4, 0.5) is 5.69 Å². The van der Waals surface area contributed by atoms with Gasteiger partial charge in [0.2, 0.25) is 0 Å². The topological polar surface area (TPSA) is 3.24 Å². The van der Waals surface area contributed by atoms with Gasteiger partial charge < -0.3 is 4.90 Å². The van der Waals surface area contributed by atoms with Crippen LogP contribution in [0.1, 0.15) is 26.3 Å². The maximum absolute atomic E-state index is 3.72. The second-order valence-corrected chi connectivity index (χ2v) is 6.62. The second kappa shape index (κ2) is 4.11. The minimum absolute atomic E-state index is 0.0238. The number of anilines is 1. The fraction of sp³-hybridized carbons (Fsp3) is 0.294. The van der Waals surface area contributed by atoms with E-state index >= 15 is 0 Å². The van der Waals surface area contributed by atoms with Crippen molar-refractivity contribution in [1.82, 2.24) is 0 Å². The molecule has 0 unspecified atom stereocenters. The SMILES string of the molecule is CC1=C2C(=CC=C(Br)C2(C)C)N(C)c2ccccc21. The van der Waals surface area contributed by atoms with Crippen LogP contribution < -0.4 is 4.90 Å². The molecule has 0 amide bonds. The summed E-state index contributed by atoms with van der Waals surface area (Å²) in [7, 11) is 2.15. The molecule has 1 aliphatic carbocycles. The summed E-state index contributed by atoms with van der Waals surface area (Å²) in [5.74, 6) is 0. The second-order valence-electron chi connectivity index (χ2n) is 5.77. The number of fused-ring (bicyclic) bond motifs is 2. The first-order valence-electron chi connectivity index (χ1n) is 6.57. The standard InChI is InChI=1S/C17H18BrN/c1-11-12-7-5-6-8-13(12)19(4)14-9-10-15(18)17(2,3)16(11)14/h5-10H,1-4H3. The van der Waals surface area contributed by atoms with Gasteiger partial charge in [-0.1, -0.05) is 48.0 Å². The van der Waals surface area contributed by atoms with Crippen LogP contribution >= 0.6 is 15.9 Å². The summed E-state index contributed by atoms with van der Waals surface area (Å²) < 4.78 is 1.24. The highest BCUT2D eigenvalue weighted by Gasteiger charge is 2.37. The zero-order valence-electron chi connectivity index (χ0n) is 11.8. The first kappa shape index (κ1) is 12.7. The van der Waals surface area contributed by atoms with E-state index in [1.807, 2.05) is 0 Å². The van der Waals surface area contributed by atoms with Crippen LogP contribution in [0.5, 0.6) is 0 Å². The molecule has 0 bridgehead atoms. The van der Waals surface area contributed by atoms with Gasteiger partial charge in [-0.25, -0.2) is 0 Å². The van der Waals surface area contributed by atoms with Crippen molar-refractivity contribution in [2.24, 2.45) is 5.41 Å². The smallest absolute Gasteiger partial charge is 0.0484 e. The molecule has 0 radical (unpaired) electrons. The van der Waals surface area contributed by atoms with Crippen molar-refractivity contribution in [3.63, 3.8) is 0 Å². The Bertz CT molecular complexity index is 647. The molecule has 0 spiro atoms. The number of allylic oxidation sites excluding steroid dienone is 5. The summed E-state index contributed by atoms with van der Waals surface area (Å²) in [4.78, 5) is 2.30. The molecule has 98 valence electrons. The Labute approximate surface area is 123 Å². The molecule has 1 aliphatic heterocycles. The molecule has 1 aromatic carbocycles. The Balaban J connectivity index is 2.35. The first-order valence-corrected chi connectivity index (χ1v) is 7.36. The van der Waals surface area contributed by atoms with E-state index in [4.69, 9.17) is 0 Å². The molecular formula is C17H18BrN. The van der Waals surface area contributed by atoms with Crippen molar-refractivity contribution >= 4 is 27.2 Å². The minimum Gasteiger partial charge on any atom is -0.344 e. The van der Waals surface area contributed by atoms with Crippen molar-refractivity contribution < 1.29 is 0 Å². The van der Waals surface area contributed by atoms with Gasteiger partial charge in [0.05, 0.1) is 0 Å². The molecule has 2 aliphatic rings. The number of likely N-dealkylation sites (N-methyl/N-ethyl adjacent to an activating group) is 1. The molecule has 0 N–H and O–H groups in total. The predicted octanol–water partition coefficient (Wildman–Crippen LogP) is 5.11. The third-order valence-corrected chi connectivity index (χ3v) is 5.53. The van der Waals surface area contributed by atoms with E-state index in [-0.39, 0.29) is 5.41 Å². The van der Waals surface area contributed by atoms with E-state index in [9.17, 15) is 0 Å². The lowest BCUT2D eigenvalue weighted by atomic mass is 9.73. The van der Waals surface area contributed by atoms with Gasteiger partial charge in [0.25, 0.3) is 0 Å². The van der Waals surface area contributed by atoms with E-state index < -0.39 is 0 Å². The van der Waals surface area contributed by atoms with Crippen molar-refractivity contribution in [1.29, 1.82) is 0 Å². The lowest BCUT2D eigenvalue weighted by Gasteiger charge is -2.42. The number of rotatable bonds is 0. The largest absolute Gasteiger partial charge is 0.344 e. The number of halogens is 1. The maximum Gasteiger partial charge on any atom is 0.0484 e. The van der Waals surface area contributed by atoms with E-state index in [1.54, 1.807) is 0 Å². The maximum atomic E-state index is 3.72. The zero-order valence-corrected chi connectivity index (χ0v) is 13.4. The normalized spacial score (nSPS) is 20.6. The van der Waals surface area contributed by atoms with Crippen LogP contribution in [-0.4, -0.2) is 7.05 Å². The van der Waals surface area contributed by atoms with Gasteiger partial charge in [0, 0.05) is 33.9 Å². The molecule has 19 heavy (non-hydrogen) atoms. The zero-order chi connectivity index (χ0) is 13.8. The summed E-state index contributed by atoms with van der Waals surface area (Å²) in [5.41, 5.74) is 6.77. The lowest BCUT2D eigenvalue weighted by molar-refractivity contribution is 0.569. The predicted molar refractivity (Wildman–Crippen MR) is 86.3 cm³/mol. The average Bonchev–Trinajstić information content (AvgIpc) is 2.39. The quantitative estimate of drug-likeness (QED) is 0.643. The monoisotopic (exact) mass is 315 g/mol. The first-order chi connectivity index (χ1) is 8.94. The number of benzene rings is 1. The van der Waals surface area contributed by atoms with Gasteiger partial charge in [-0.15, -0.1) is 0 Å². The average molecular weight is 316 g/mol. The molecule has 1 heterocycles. The van der Waals surface area contributed by atoms with Crippen molar-refractivity contribution in [3.8, 4) is 0 Å². The number of para-hydroxylation sites is 1. The molecule has 0 aromatic heterocycles. The molecule has 1 nitrogen and oxygen atoms in total. The van der Waals surface area contributed by atoms with Gasteiger partial charge in [-0.3, -0.25) is 0 Å². The van der Waals surface area contributed by atoms with E-state index in [0.717, 1.165) is 0 Å². The highest BCUT2D eigenvalue weighted by molar-refractivity contribution is 9.11. The highest BCUT2D eigenvalue weighted by Crippen LogP contribution is 2.52. The van der Waals surface area contributed by atoms with Crippen LogP contribution in [0.25, 0.3) is 5.57 Å². The summed E-state index contributed by atoms with van der Waals surface area (Å²) in [6.07, 6.45) is 4.39. The molecule has 0 fully saturated rings. The van der Waals surface area contributed by atoms with Gasteiger partial charge in [0.1, 0.15) is 0 Å². The molecule has 3 rings (SSSR count). The Morgan fingerprint density at radius 3 is 2.53 bits per heavy atom. The van der Waals surface area contributed by atoms with Gasteiger partial charge in [-0.2, -0.15) is 0 Å². The van der Waals surface area contributed by atoms with E-state index in [2.05, 4.69) is 85.1 Å². The molecule has 0 atom stereocenters. The Morgan fingerprint density at radius 1 is 1.11 bits per heavy atom. The van der Waals surface area contributed by atoms with Gasteiger partial charge >= 0.3 is 0 Å². The van der Waals surface area contributed by atoms with Crippen LogP contribution in [-0.2, 0) is 0 Å². The molecule has 1 aromatic rings. The number of hydrogen-bond donors (Lipinski definition) is 0. The van der Waals surface area contributed by atoms with Crippen LogP contribution in [0, 0.1) is 5.41 Å². The van der Waals surface area contributed by atoms with Crippen LogP contribution in [0.15, 0.2) is 52.2 Å². The molecule has 2 heteroatoms. The lowest BCUT2D eigenvalue weighted by Crippen LogP contribution is -2.32. The third-order valence-electron chi connectivity index (χ3n) is 4.27. The fourth-order valence-electron chi connectivity index (χ4n) is 3.17. The van der Waals surface area contributed by atoms with E-state index in [0.29, 0.717) is 0 Å². The van der Waals surface area contributed by atoms with Crippen molar-refractivity contribution in [2.45, 2.75) is 20.8 Å². The molecular weight excluding hydrogens is 298 g/mol. The Kier molecular flexibility index (Phi) is 2.75. The molecule has 0 saturated carbocycles. The van der Waals surface area contributed by atoms with Crippen molar-refractivity contribution in [2.75, 3.05) is 11.9 Å². The Hall–Kier alpha value is -1.28. The van der Waals surface area contributed by atoms with Crippen LogP contribution in [0.2, 0.25) is 0 Å². The summed E-state index contributed by atoms with van der Waals surface area (Å²) in [6.45, 7) is 6.80. The van der Waals surface area contributed by atoms with Crippen molar-refractivity contribution in [3.05, 3.63) is 57.7 Å². The van der Waals surface area contributed by atoms with Gasteiger partial charge in [-0.05, 0) is 36.3 Å². The van der Waals surface area contributed by atoms with Crippen LogP contribution in [0.3, 0.4) is 0 Å². The minimum atomic E-state index is 0.0238. The summed E-state index contributed by atoms with van der Waals surface area (Å²) in [6, 6.07) is 8.63.